The second-order valence-electron chi connectivity index (χ2n) is 6.49. The van der Waals surface area contributed by atoms with Crippen molar-refractivity contribution in [1.29, 1.82) is 0 Å². The summed E-state index contributed by atoms with van der Waals surface area (Å²) in [5, 5.41) is 9.98. The average Bonchev–Trinajstić information content (AvgIpc) is 3.15. The highest BCUT2D eigenvalue weighted by Gasteiger charge is 2.30. The van der Waals surface area contributed by atoms with Gasteiger partial charge in [0.15, 0.2) is 0 Å². The van der Waals surface area contributed by atoms with Crippen LogP contribution in [0, 0.1) is 19.8 Å². The standard InChI is InChI=1S/C17H24N4O2/c1-11-6-7-21(14(9-11)15-5-4-8-23-15)10-16(22)18-17-12(2)19-20-13(17)3/h4-5,8,11,14H,6-7,9-10H2,1-3H3,(H,18,22)(H,19,20)/t11-,14-/m1/s1. The molecule has 2 N–H and O–H groups in total. The Hall–Kier alpha value is -2.08. The molecule has 1 aliphatic rings. The van der Waals surface area contributed by atoms with E-state index in [0.717, 1.165) is 42.2 Å². The molecule has 1 saturated heterocycles. The third-order valence-corrected chi connectivity index (χ3v) is 4.59. The van der Waals surface area contributed by atoms with Crippen molar-refractivity contribution < 1.29 is 9.21 Å². The predicted molar refractivity (Wildman–Crippen MR) is 88.1 cm³/mol. The first-order chi connectivity index (χ1) is 11.0. The van der Waals surface area contributed by atoms with Crippen LogP contribution in [0.15, 0.2) is 22.8 Å². The van der Waals surface area contributed by atoms with Crippen molar-refractivity contribution in [2.75, 3.05) is 18.4 Å². The lowest BCUT2D eigenvalue weighted by Crippen LogP contribution is -2.41. The molecule has 0 bridgehead atoms. The number of furan rings is 1. The Labute approximate surface area is 136 Å². The maximum Gasteiger partial charge on any atom is 0.238 e. The van der Waals surface area contributed by atoms with Gasteiger partial charge in [-0.3, -0.25) is 14.8 Å². The number of nitrogens with one attached hydrogen (secondary N) is 2. The molecule has 6 nitrogen and oxygen atoms in total. The molecule has 1 aliphatic heterocycles. The maximum absolute atomic E-state index is 12.5. The van der Waals surface area contributed by atoms with Crippen LogP contribution in [-0.4, -0.2) is 34.1 Å². The average molecular weight is 316 g/mol. The van der Waals surface area contributed by atoms with Gasteiger partial charge in [0, 0.05) is 0 Å². The van der Waals surface area contributed by atoms with Gasteiger partial charge in [0.05, 0.1) is 35.9 Å². The highest BCUT2D eigenvalue weighted by molar-refractivity contribution is 5.93. The van der Waals surface area contributed by atoms with Crippen molar-refractivity contribution in [2.45, 2.75) is 39.7 Å². The lowest BCUT2D eigenvalue weighted by atomic mass is 9.91. The molecule has 1 amide bonds. The van der Waals surface area contributed by atoms with Gasteiger partial charge < -0.3 is 9.73 Å². The van der Waals surface area contributed by atoms with Crippen LogP contribution in [0.1, 0.15) is 43.0 Å². The summed E-state index contributed by atoms with van der Waals surface area (Å²) in [6.45, 7) is 7.31. The predicted octanol–water partition coefficient (Wildman–Crippen LogP) is 3.03. The summed E-state index contributed by atoms with van der Waals surface area (Å²) in [6.07, 6.45) is 3.82. The van der Waals surface area contributed by atoms with Gasteiger partial charge in [0.1, 0.15) is 5.76 Å². The number of anilines is 1. The first kappa shape index (κ1) is 15.8. The number of likely N-dealkylation sites (tertiary alicyclic amines) is 1. The number of carbonyl (C=O) groups excluding carboxylic acids is 1. The van der Waals surface area contributed by atoms with E-state index in [4.69, 9.17) is 4.42 Å². The molecule has 124 valence electrons. The molecule has 0 unspecified atom stereocenters. The molecule has 0 radical (unpaired) electrons. The van der Waals surface area contributed by atoms with Crippen molar-refractivity contribution in [3.8, 4) is 0 Å². The van der Waals surface area contributed by atoms with E-state index in [9.17, 15) is 4.79 Å². The zero-order valence-electron chi connectivity index (χ0n) is 13.9. The molecule has 1 fully saturated rings. The minimum absolute atomic E-state index is 0.0105. The van der Waals surface area contributed by atoms with E-state index < -0.39 is 0 Å². The van der Waals surface area contributed by atoms with Crippen molar-refractivity contribution in [1.82, 2.24) is 15.1 Å². The van der Waals surface area contributed by atoms with Crippen molar-refractivity contribution in [3.63, 3.8) is 0 Å². The van der Waals surface area contributed by atoms with Crippen LogP contribution in [0.4, 0.5) is 5.69 Å². The second kappa shape index (κ2) is 6.58. The minimum atomic E-state index is -0.0105. The number of piperidine rings is 1. The number of aromatic amines is 1. The highest BCUT2D eigenvalue weighted by Crippen LogP contribution is 2.34. The smallest absolute Gasteiger partial charge is 0.238 e. The van der Waals surface area contributed by atoms with Gasteiger partial charge in [0.2, 0.25) is 5.91 Å². The Morgan fingerprint density at radius 2 is 2.35 bits per heavy atom. The van der Waals surface area contributed by atoms with E-state index in [1.807, 2.05) is 26.0 Å². The van der Waals surface area contributed by atoms with Gasteiger partial charge in [-0.1, -0.05) is 6.92 Å². The molecule has 23 heavy (non-hydrogen) atoms. The summed E-state index contributed by atoms with van der Waals surface area (Å²) in [5.41, 5.74) is 2.48. The van der Waals surface area contributed by atoms with Gasteiger partial charge in [-0.05, 0) is 51.3 Å². The fourth-order valence-corrected chi connectivity index (χ4v) is 3.25. The third kappa shape index (κ3) is 3.47. The van der Waals surface area contributed by atoms with Crippen LogP contribution in [0.25, 0.3) is 0 Å². The van der Waals surface area contributed by atoms with Gasteiger partial charge in [-0.25, -0.2) is 0 Å². The number of H-pyrrole nitrogens is 1. The van der Waals surface area contributed by atoms with Gasteiger partial charge in [-0.2, -0.15) is 5.10 Å². The van der Waals surface area contributed by atoms with Crippen LogP contribution in [0.2, 0.25) is 0 Å². The molecular formula is C17H24N4O2. The van der Waals surface area contributed by atoms with Crippen LogP contribution >= 0.6 is 0 Å². The van der Waals surface area contributed by atoms with Crippen LogP contribution in [-0.2, 0) is 4.79 Å². The monoisotopic (exact) mass is 316 g/mol. The van der Waals surface area contributed by atoms with Crippen LogP contribution in [0.3, 0.4) is 0 Å². The number of hydrogen-bond acceptors (Lipinski definition) is 4. The van der Waals surface area contributed by atoms with Crippen molar-refractivity contribution >= 4 is 11.6 Å². The number of hydrogen-bond donors (Lipinski definition) is 2. The fraction of sp³-hybridized carbons (Fsp3) is 0.529. The van der Waals surface area contributed by atoms with Crippen LogP contribution in [0.5, 0.6) is 0 Å². The molecule has 3 rings (SSSR count). The van der Waals surface area contributed by atoms with Gasteiger partial charge >= 0.3 is 0 Å². The molecular weight excluding hydrogens is 292 g/mol. The molecule has 0 aliphatic carbocycles. The second-order valence-corrected chi connectivity index (χ2v) is 6.49. The largest absolute Gasteiger partial charge is 0.468 e. The minimum Gasteiger partial charge on any atom is -0.468 e. The topological polar surface area (TPSA) is 74.2 Å². The molecule has 0 aromatic carbocycles. The van der Waals surface area contributed by atoms with E-state index >= 15 is 0 Å². The van der Waals surface area contributed by atoms with Crippen molar-refractivity contribution in [2.24, 2.45) is 5.92 Å². The Bertz CT molecular complexity index is 643. The number of carbonyl (C=O) groups is 1. The van der Waals surface area contributed by atoms with E-state index in [2.05, 4.69) is 27.3 Å². The molecule has 0 saturated carbocycles. The third-order valence-electron chi connectivity index (χ3n) is 4.59. The Morgan fingerprint density at radius 3 is 3.00 bits per heavy atom. The highest BCUT2D eigenvalue weighted by atomic mass is 16.3. The molecule has 2 atom stereocenters. The fourth-order valence-electron chi connectivity index (χ4n) is 3.25. The number of amides is 1. The van der Waals surface area contributed by atoms with E-state index in [0.29, 0.717) is 12.5 Å². The summed E-state index contributed by atoms with van der Waals surface area (Å²) in [7, 11) is 0. The van der Waals surface area contributed by atoms with E-state index in [1.54, 1.807) is 6.26 Å². The molecule has 2 aromatic rings. The zero-order chi connectivity index (χ0) is 16.4. The normalized spacial score (nSPS) is 22.2. The molecule has 2 aromatic heterocycles. The number of rotatable bonds is 4. The maximum atomic E-state index is 12.5. The summed E-state index contributed by atoms with van der Waals surface area (Å²) < 4.78 is 5.59. The quantitative estimate of drug-likeness (QED) is 0.909. The molecule has 3 heterocycles. The lowest BCUT2D eigenvalue weighted by Gasteiger charge is -2.36. The SMILES string of the molecule is Cc1n[nH]c(C)c1NC(=O)CN1CC[C@@H](C)C[C@@H]1c1ccco1. The first-order valence-electron chi connectivity index (χ1n) is 8.13. The number of aryl methyl sites for hydroxylation is 2. The summed E-state index contributed by atoms with van der Waals surface area (Å²) in [4.78, 5) is 14.7. The molecule has 6 heteroatoms. The number of nitrogens with zero attached hydrogens (tertiary/aromatic N) is 2. The Morgan fingerprint density at radius 1 is 1.52 bits per heavy atom. The summed E-state index contributed by atoms with van der Waals surface area (Å²) >= 11 is 0. The summed E-state index contributed by atoms with van der Waals surface area (Å²) in [6, 6.07) is 4.08. The van der Waals surface area contributed by atoms with E-state index in [1.165, 1.54) is 0 Å². The van der Waals surface area contributed by atoms with Gasteiger partial charge in [0.25, 0.3) is 0 Å². The first-order valence-corrected chi connectivity index (χ1v) is 8.13. The number of aromatic nitrogens is 2. The van der Waals surface area contributed by atoms with Gasteiger partial charge in [-0.15, -0.1) is 0 Å². The molecule has 0 spiro atoms. The Balaban J connectivity index is 1.68. The van der Waals surface area contributed by atoms with Crippen LogP contribution < -0.4 is 5.32 Å². The van der Waals surface area contributed by atoms with E-state index in [-0.39, 0.29) is 11.9 Å². The Kier molecular flexibility index (Phi) is 4.52. The zero-order valence-corrected chi connectivity index (χ0v) is 13.9. The summed E-state index contributed by atoms with van der Waals surface area (Å²) in [5.74, 6) is 1.58. The van der Waals surface area contributed by atoms with Crippen molar-refractivity contribution in [3.05, 3.63) is 35.5 Å². The lowest BCUT2D eigenvalue weighted by molar-refractivity contribution is -0.118.